The van der Waals surface area contributed by atoms with E-state index in [9.17, 15) is 0 Å². The molecule has 0 radical (unpaired) electrons. The number of aryl methyl sites for hydroxylation is 1. The molecular formula is C13H19NO. The van der Waals surface area contributed by atoms with E-state index in [4.69, 9.17) is 10.8 Å². The molecule has 1 N–H and O–H groups in total. The van der Waals surface area contributed by atoms with Crippen molar-refractivity contribution in [1.29, 1.82) is 0 Å². The molecule has 0 amide bonds. The molecule has 1 atom stereocenters. The zero-order chi connectivity index (χ0) is 10.9. The Labute approximate surface area is 92.1 Å². The van der Waals surface area contributed by atoms with Crippen LogP contribution in [0.3, 0.4) is 0 Å². The minimum atomic E-state index is 0.417. The molecule has 0 saturated heterocycles. The fourth-order valence-electron chi connectivity index (χ4n) is 1.54. The predicted octanol–water partition coefficient (Wildman–Crippen LogP) is 2.60. The van der Waals surface area contributed by atoms with Crippen molar-refractivity contribution in [3.05, 3.63) is 24.2 Å². The Bertz CT molecular complexity index is 284. The maximum Gasteiger partial charge on any atom is 0.103 e. The molecule has 2 nitrogen and oxygen atoms in total. The molecule has 0 spiro atoms. The second-order valence-electron chi connectivity index (χ2n) is 3.68. The normalized spacial score (nSPS) is 12.3. The third-order valence-corrected chi connectivity index (χ3v) is 2.37. The van der Waals surface area contributed by atoms with Crippen molar-refractivity contribution in [2.24, 2.45) is 0 Å². The molecular weight excluding hydrogens is 186 g/mol. The highest BCUT2D eigenvalue weighted by atomic mass is 16.3. The highest BCUT2D eigenvalue weighted by molar-refractivity contribution is 4.99. The summed E-state index contributed by atoms with van der Waals surface area (Å²) in [6.45, 7) is 3.19. The SMILES string of the molecule is C#CCC(CCc1ccco1)NCCC. The van der Waals surface area contributed by atoms with Crippen molar-refractivity contribution >= 4 is 0 Å². The number of hydrogen-bond donors (Lipinski definition) is 1. The number of rotatable bonds is 7. The van der Waals surface area contributed by atoms with Gasteiger partial charge in [0.15, 0.2) is 0 Å². The first-order valence-corrected chi connectivity index (χ1v) is 5.56. The molecule has 82 valence electrons. The largest absolute Gasteiger partial charge is 0.469 e. The third kappa shape index (κ3) is 4.71. The Hall–Kier alpha value is -1.20. The van der Waals surface area contributed by atoms with Gasteiger partial charge in [-0.1, -0.05) is 6.92 Å². The van der Waals surface area contributed by atoms with E-state index < -0.39 is 0 Å². The molecule has 0 saturated carbocycles. The van der Waals surface area contributed by atoms with Crippen molar-refractivity contribution < 1.29 is 4.42 Å². The van der Waals surface area contributed by atoms with Gasteiger partial charge in [0.2, 0.25) is 0 Å². The van der Waals surface area contributed by atoms with Crippen LogP contribution in [0.4, 0.5) is 0 Å². The lowest BCUT2D eigenvalue weighted by molar-refractivity contribution is 0.448. The minimum Gasteiger partial charge on any atom is -0.469 e. The van der Waals surface area contributed by atoms with E-state index in [-0.39, 0.29) is 0 Å². The molecule has 1 heterocycles. The van der Waals surface area contributed by atoms with Gasteiger partial charge in [0.1, 0.15) is 5.76 Å². The van der Waals surface area contributed by atoms with Crippen molar-refractivity contribution in [2.45, 2.75) is 38.6 Å². The van der Waals surface area contributed by atoms with Crippen LogP contribution in [0, 0.1) is 12.3 Å². The Morgan fingerprint density at radius 3 is 3.07 bits per heavy atom. The lowest BCUT2D eigenvalue weighted by Crippen LogP contribution is -2.29. The summed E-state index contributed by atoms with van der Waals surface area (Å²) in [4.78, 5) is 0. The van der Waals surface area contributed by atoms with Gasteiger partial charge in [0, 0.05) is 18.9 Å². The quantitative estimate of drug-likeness (QED) is 0.692. The zero-order valence-corrected chi connectivity index (χ0v) is 9.33. The Kier molecular flexibility index (Phi) is 5.65. The smallest absolute Gasteiger partial charge is 0.103 e. The van der Waals surface area contributed by atoms with Gasteiger partial charge in [0.25, 0.3) is 0 Å². The topological polar surface area (TPSA) is 25.2 Å². The van der Waals surface area contributed by atoms with E-state index >= 15 is 0 Å². The summed E-state index contributed by atoms with van der Waals surface area (Å²) < 4.78 is 5.29. The van der Waals surface area contributed by atoms with Gasteiger partial charge in [0.05, 0.1) is 6.26 Å². The zero-order valence-electron chi connectivity index (χ0n) is 9.33. The standard InChI is InChI=1S/C13H19NO/c1-3-6-12(14-10-4-2)8-9-13-7-5-11-15-13/h1,5,7,11-12,14H,4,6,8-10H2,2H3. The number of nitrogens with one attached hydrogen (secondary N) is 1. The Morgan fingerprint density at radius 2 is 2.47 bits per heavy atom. The van der Waals surface area contributed by atoms with Crippen LogP contribution >= 0.6 is 0 Å². The molecule has 0 aromatic carbocycles. The molecule has 0 aliphatic carbocycles. The molecule has 1 aromatic heterocycles. The van der Waals surface area contributed by atoms with Crippen LogP contribution in [0.25, 0.3) is 0 Å². The van der Waals surface area contributed by atoms with Crippen LogP contribution in [0.2, 0.25) is 0 Å². The fourth-order valence-corrected chi connectivity index (χ4v) is 1.54. The molecule has 1 rings (SSSR count). The molecule has 1 unspecified atom stereocenters. The summed E-state index contributed by atoms with van der Waals surface area (Å²) in [5, 5.41) is 3.45. The lowest BCUT2D eigenvalue weighted by atomic mass is 10.1. The number of furan rings is 1. The molecule has 1 aromatic rings. The van der Waals surface area contributed by atoms with Crippen molar-refractivity contribution in [1.82, 2.24) is 5.32 Å². The van der Waals surface area contributed by atoms with E-state index in [1.54, 1.807) is 6.26 Å². The lowest BCUT2D eigenvalue weighted by Gasteiger charge is -2.14. The monoisotopic (exact) mass is 205 g/mol. The van der Waals surface area contributed by atoms with Crippen LogP contribution in [0.1, 0.15) is 31.9 Å². The van der Waals surface area contributed by atoms with Crippen molar-refractivity contribution in [2.75, 3.05) is 6.54 Å². The predicted molar refractivity (Wildman–Crippen MR) is 62.6 cm³/mol. The van der Waals surface area contributed by atoms with Crippen LogP contribution in [-0.4, -0.2) is 12.6 Å². The van der Waals surface area contributed by atoms with Crippen LogP contribution in [-0.2, 0) is 6.42 Å². The number of terminal acetylenes is 1. The first kappa shape index (κ1) is 11.9. The van der Waals surface area contributed by atoms with E-state index in [1.165, 1.54) is 0 Å². The summed E-state index contributed by atoms with van der Waals surface area (Å²) >= 11 is 0. The summed E-state index contributed by atoms with van der Waals surface area (Å²) in [7, 11) is 0. The molecule has 15 heavy (non-hydrogen) atoms. The van der Waals surface area contributed by atoms with Gasteiger partial charge in [-0.15, -0.1) is 12.3 Å². The second-order valence-corrected chi connectivity index (χ2v) is 3.68. The Morgan fingerprint density at radius 1 is 1.60 bits per heavy atom. The summed E-state index contributed by atoms with van der Waals surface area (Å²) in [5.74, 6) is 3.75. The van der Waals surface area contributed by atoms with Gasteiger partial charge in [-0.05, 0) is 31.5 Å². The molecule has 2 heteroatoms. The fraction of sp³-hybridized carbons (Fsp3) is 0.538. The van der Waals surface area contributed by atoms with Gasteiger partial charge in [-0.2, -0.15) is 0 Å². The minimum absolute atomic E-state index is 0.417. The molecule has 0 aliphatic rings. The first-order chi connectivity index (χ1) is 7.36. The number of hydrogen-bond acceptors (Lipinski definition) is 2. The second kappa shape index (κ2) is 7.14. The molecule has 0 bridgehead atoms. The average Bonchev–Trinajstić information content (AvgIpc) is 2.75. The highest BCUT2D eigenvalue weighted by Gasteiger charge is 2.07. The average molecular weight is 205 g/mol. The van der Waals surface area contributed by atoms with E-state index in [0.29, 0.717) is 6.04 Å². The summed E-state index contributed by atoms with van der Waals surface area (Å²) in [6, 6.07) is 4.35. The van der Waals surface area contributed by atoms with E-state index in [0.717, 1.165) is 38.0 Å². The van der Waals surface area contributed by atoms with E-state index in [1.807, 2.05) is 12.1 Å². The van der Waals surface area contributed by atoms with Crippen molar-refractivity contribution in [3.63, 3.8) is 0 Å². The van der Waals surface area contributed by atoms with Crippen LogP contribution < -0.4 is 5.32 Å². The maximum atomic E-state index is 5.34. The Balaban J connectivity index is 2.28. The van der Waals surface area contributed by atoms with Gasteiger partial charge < -0.3 is 9.73 Å². The van der Waals surface area contributed by atoms with Crippen LogP contribution in [0.15, 0.2) is 22.8 Å². The van der Waals surface area contributed by atoms with E-state index in [2.05, 4.69) is 18.2 Å². The first-order valence-electron chi connectivity index (χ1n) is 5.56. The third-order valence-electron chi connectivity index (χ3n) is 2.37. The summed E-state index contributed by atoms with van der Waals surface area (Å²) in [6.07, 6.45) is 11.0. The van der Waals surface area contributed by atoms with Gasteiger partial charge in [-0.3, -0.25) is 0 Å². The summed E-state index contributed by atoms with van der Waals surface area (Å²) in [5.41, 5.74) is 0. The molecule has 0 aliphatic heterocycles. The van der Waals surface area contributed by atoms with Gasteiger partial charge >= 0.3 is 0 Å². The van der Waals surface area contributed by atoms with Crippen molar-refractivity contribution in [3.8, 4) is 12.3 Å². The highest BCUT2D eigenvalue weighted by Crippen LogP contribution is 2.07. The van der Waals surface area contributed by atoms with Crippen LogP contribution in [0.5, 0.6) is 0 Å². The maximum absolute atomic E-state index is 5.34. The molecule has 0 fully saturated rings. The van der Waals surface area contributed by atoms with Gasteiger partial charge in [-0.25, -0.2) is 0 Å².